The van der Waals surface area contributed by atoms with E-state index in [0.717, 1.165) is 29.7 Å². The van der Waals surface area contributed by atoms with E-state index in [1.54, 1.807) is 36.4 Å². The monoisotopic (exact) mass is 556 g/mol. The fourth-order valence-electron chi connectivity index (χ4n) is 3.31. The van der Waals surface area contributed by atoms with Crippen LogP contribution in [0.3, 0.4) is 0 Å². The summed E-state index contributed by atoms with van der Waals surface area (Å²) in [5, 5.41) is 25.9. The first-order valence-corrected chi connectivity index (χ1v) is 12.8. The Morgan fingerprint density at radius 2 is 0.951 bits per heavy atom. The Hall–Kier alpha value is -5.24. The highest BCUT2D eigenvalue weighted by Crippen LogP contribution is 2.19. The quantitative estimate of drug-likeness (QED) is 0.145. The summed E-state index contributed by atoms with van der Waals surface area (Å²) in [5.41, 5.74) is 3.44. The second-order valence-corrected chi connectivity index (χ2v) is 8.72. The molecule has 4 aromatic rings. The van der Waals surface area contributed by atoms with Crippen molar-refractivity contribution in [3.63, 3.8) is 0 Å². The lowest BCUT2D eigenvalue weighted by Crippen LogP contribution is -1.98. The van der Waals surface area contributed by atoms with Gasteiger partial charge in [-0.2, -0.15) is 0 Å². The van der Waals surface area contributed by atoms with Crippen molar-refractivity contribution < 1.29 is 39.2 Å². The van der Waals surface area contributed by atoms with E-state index in [0.29, 0.717) is 17.7 Å². The van der Waals surface area contributed by atoms with Crippen LogP contribution >= 0.6 is 0 Å². The van der Waals surface area contributed by atoms with Crippen LogP contribution in [0.1, 0.15) is 68.1 Å². The Kier molecular flexibility index (Phi) is 13.0. The molecule has 0 fully saturated rings. The number of hydrogen-bond acceptors (Lipinski definition) is 5. The molecule has 0 aliphatic heterocycles. The maximum atomic E-state index is 10.8. The lowest BCUT2D eigenvalue weighted by molar-refractivity contribution is 0.0686. The third kappa shape index (κ3) is 11.2. The maximum Gasteiger partial charge on any atom is 0.335 e. The number of rotatable bonds is 9. The summed E-state index contributed by atoms with van der Waals surface area (Å²) in [6.45, 7) is 4.22. The molecule has 4 aromatic carbocycles. The summed E-state index contributed by atoms with van der Waals surface area (Å²) >= 11 is 0. The van der Waals surface area contributed by atoms with Crippen molar-refractivity contribution in [2.75, 3.05) is 6.61 Å². The Balaban J connectivity index is 0.000000217. The molecule has 0 saturated heterocycles. The number of unbranched alkanes of at least 4 members (excludes halogenated alkanes) is 1. The van der Waals surface area contributed by atoms with Gasteiger partial charge >= 0.3 is 17.9 Å². The number of ether oxygens (including phenoxy) is 1. The van der Waals surface area contributed by atoms with Crippen LogP contribution in [0.4, 0.5) is 0 Å². The van der Waals surface area contributed by atoms with Gasteiger partial charge in [0, 0.05) is 5.56 Å². The van der Waals surface area contributed by atoms with Gasteiger partial charge in [-0.15, -0.1) is 0 Å². The number of carbonyl (C=O) groups excluding carboxylic acids is 1. The molecule has 0 saturated carbocycles. The highest BCUT2D eigenvalue weighted by Gasteiger charge is 2.04. The molecule has 212 valence electrons. The number of carbonyl (C=O) groups is 4. The van der Waals surface area contributed by atoms with E-state index in [-0.39, 0.29) is 16.9 Å². The van der Waals surface area contributed by atoms with Crippen molar-refractivity contribution in [3.05, 3.63) is 125 Å². The molecular weight excluding hydrogens is 524 g/mol. The molecule has 0 aliphatic rings. The highest BCUT2D eigenvalue weighted by atomic mass is 16.5. The zero-order chi connectivity index (χ0) is 30.2. The number of carboxylic acid groups (broad SMARTS) is 3. The first-order chi connectivity index (χ1) is 19.6. The lowest BCUT2D eigenvalue weighted by atomic mass is 10.0. The topological polar surface area (TPSA) is 138 Å². The molecule has 0 radical (unpaired) electrons. The van der Waals surface area contributed by atoms with E-state index >= 15 is 0 Å². The van der Waals surface area contributed by atoms with Gasteiger partial charge in [-0.3, -0.25) is 4.79 Å². The summed E-state index contributed by atoms with van der Waals surface area (Å²) in [7, 11) is 0. The van der Waals surface area contributed by atoms with Crippen LogP contribution in [-0.2, 0) is 0 Å². The maximum absolute atomic E-state index is 10.8. The molecule has 0 aromatic heterocycles. The second kappa shape index (κ2) is 16.7. The van der Waals surface area contributed by atoms with Crippen LogP contribution < -0.4 is 4.74 Å². The zero-order valence-corrected chi connectivity index (χ0v) is 22.8. The van der Waals surface area contributed by atoms with Crippen LogP contribution in [0.2, 0.25) is 0 Å². The predicted molar refractivity (Wildman–Crippen MR) is 156 cm³/mol. The Labute approximate surface area is 238 Å². The third-order valence-electron chi connectivity index (χ3n) is 5.65. The SMILES string of the molecule is CC(=O)c1ccc(C(=O)O)cc1.CCCCOc1ccc(C(=O)O)cc1.O=C(O)c1ccc(-c2ccccc2)cc1. The number of benzene rings is 4. The van der Waals surface area contributed by atoms with Gasteiger partial charge in [0.1, 0.15) is 5.75 Å². The zero-order valence-electron chi connectivity index (χ0n) is 22.8. The minimum absolute atomic E-state index is 0.0630. The summed E-state index contributed by atoms with van der Waals surface area (Å²) in [6, 6.07) is 29.0. The molecule has 0 unspecified atom stereocenters. The fourth-order valence-corrected chi connectivity index (χ4v) is 3.31. The van der Waals surface area contributed by atoms with E-state index in [1.165, 1.54) is 31.2 Å². The molecule has 0 aliphatic carbocycles. The number of aromatic carboxylic acids is 3. The molecule has 8 nitrogen and oxygen atoms in total. The van der Waals surface area contributed by atoms with Gasteiger partial charge in [-0.1, -0.05) is 67.9 Å². The Morgan fingerprint density at radius 1 is 0.561 bits per heavy atom. The number of carboxylic acids is 3. The molecule has 3 N–H and O–H groups in total. The van der Waals surface area contributed by atoms with E-state index in [4.69, 9.17) is 20.1 Å². The highest BCUT2D eigenvalue weighted by molar-refractivity contribution is 5.95. The largest absolute Gasteiger partial charge is 0.494 e. The molecular formula is C33H32O8. The van der Waals surface area contributed by atoms with Gasteiger partial charge < -0.3 is 20.1 Å². The second-order valence-electron chi connectivity index (χ2n) is 8.72. The molecule has 41 heavy (non-hydrogen) atoms. The summed E-state index contributed by atoms with van der Waals surface area (Å²) in [6.07, 6.45) is 2.11. The third-order valence-corrected chi connectivity index (χ3v) is 5.65. The van der Waals surface area contributed by atoms with Gasteiger partial charge in [-0.25, -0.2) is 14.4 Å². The van der Waals surface area contributed by atoms with Crippen molar-refractivity contribution in [1.29, 1.82) is 0 Å². The minimum atomic E-state index is -0.981. The molecule has 0 heterocycles. The smallest absolute Gasteiger partial charge is 0.335 e. The Morgan fingerprint density at radius 3 is 1.37 bits per heavy atom. The summed E-state index contributed by atoms with van der Waals surface area (Å²) in [5.74, 6) is -2.12. The number of hydrogen-bond donors (Lipinski definition) is 3. The normalized spacial score (nSPS) is 9.71. The summed E-state index contributed by atoms with van der Waals surface area (Å²) in [4.78, 5) is 42.4. The molecule has 0 amide bonds. The lowest BCUT2D eigenvalue weighted by Gasteiger charge is -2.04. The van der Waals surface area contributed by atoms with E-state index in [2.05, 4.69) is 6.92 Å². The van der Waals surface area contributed by atoms with Crippen LogP contribution in [0, 0.1) is 0 Å². The summed E-state index contributed by atoms with van der Waals surface area (Å²) < 4.78 is 5.39. The van der Waals surface area contributed by atoms with Crippen LogP contribution in [0.15, 0.2) is 103 Å². The predicted octanol–water partition coefficient (Wildman–Crippen LogP) is 7.20. The molecule has 4 rings (SSSR count). The standard InChI is InChI=1S/C13H10O2.C11H14O3.C9H8O3/c14-13(15)12-8-6-11(7-9-12)10-4-2-1-3-5-10;1-2-3-8-14-10-6-4-9(5-7-10)11(12)13;1-6(10)7-2-4-8(5-3-7)9(11)12/h1-9H,(H,14,15);4-7H,2-3,8H2,1H3,(H,12,13);2-5H,1H3,(H,11,12). The number of Topliss-reactive ketones (excluding diaryl/α,β-unsaturated/α-hetero) is 1. The van der Waals surface area contributed by atoms with E-state index in [9.17, 15) is 19.2 Å². The van der Waals surface area contributed by atoms with E-state index < -0.39 is 17.9 Å². The van der Waals surface area contributed by atoms with Gasteiger partial charge in [-0.05, 0) is 73.0 Å². The molecule has 0 spiro atoms. The van der Waals surface area contributed by atoms with Crippen LogP contribution in [0.5, 0.6) is 5.75 Å². The van der Waals surface area contributed by atoms with Crippen LogP contribution in [0.25, 0.3) is 11.1 Å². The molecule has 0 bridgehead atoms. The average molecular weight is 557 g/mol. The van der Waals surface area contributed by atoms with Crippen molar-refractivity contribution in [3.8, 4) is 16.9 Å². The minimum Gasteiger partial charge on any atom is -0.494 e. The first-order valence-electron chi connectivity index (χ1n) is 12.8. The van der Waals surface area contributed by atoms with Crippen LogP contribution in [-0.4, -0.2) is 45.6 Å². The average Bonchev–Trinajstić information content (AvgIpc) is 2.99. The van der Waals surface area contributed by atoms with Gasteiger partial charge in [0.05, 0.1) is 23.3 Å². The molecule has 0 atom stereocenters. The van der Waals surface area contributed by atoms with Gasteiger partial charge in [0.2, 0.25) is 0 Å². The van der Waals surface area contributed by atoms with Gasteiger partial charge in [0.15, 0.2) is 5.78 Å². The first kappa shape index (κ1) is 32.0. The van der Waals surface area contributed by atoms with Crippen molar-refractivity contribution >= 4 is 23.7 Å². The number of ketones is 1. The van der Waals surface area contributed by atoms with Crippen molar-refractivity contribution in [2.24, 2.45) is 0 Å². The molecule has 8 heteroatoms. The van der Waals surface area contributed by atoms with Crippen molar-refractivity contribution in [1.82, 2.24) is 0 Å². The van der Waals surface area contributed by atoms with E-state index in [1.807, 2.05) is 42.5 Å². The van der Waals surface area contributed by atoms with Gasteiger partial charge in [0.25, 0.3) is 0 Å². The fraction of sp³-hybridized carbons (Fsp3) is 0.152. The van der Waals surface area contributed by atoms with Crippen molar-refractivity contribution in [2.45, 2.75) is 26.7 Å². The Bertz CT molecular complexity index is 1380.